The van der Waals surface area contributed by atoms with E-state index in [1.165, 1.54) is 0 Å². The summed E-state index contributed by atoms with van der Waals surface area (Å²) in [5, 5.41) is 3.46. The van der Waals surface area contributed by atoms with Crippen LogP contribution in [-0.4, -0.2) is 29.4 Å². The number of halogens is 1. The Morgan fingerprint density at radius 3 is 2.65 bits per heavy atom. The lowest BCUT2D eigenvalue weighted by Gasteiger charge is -2.43. The van der Waals surface area contributed by atoms with Crippen molar-refractivity contribution in [2.75, 3.05) is 12.4 Å². The van der Waals surface area contributed by atoms with Crippen LogP contribution in [0.2, 0.25) is 5.02 Å². The molecule has 4 rings (SSSR count). The molecule has 2 aromatic rings. The Kier molecular flexibility index (Phi) is 5.95. The van der Waals surface area contributed by atoms with Crippen LogP contribution in [0.4, 0.5) is 5.69 Å². The van der Waals surface area contributed by atoms with E-state index >= 15 is 0 Å². The summed E-state index contributed by atoms with van der Waals surface area (Å²) in [6.45, 7) is 2.63. The van der Waals surface area contributed by atoms with Crippen molar-refractivity contribution in [2.45, 2.75) is 57.7 Å². The molecule has 0 bridgehead atoms. The number of carbonyl (C=O) groups excluding carboxylic acids is 2. The summed E-state index contributed by atoms with van der Waals surface area (Å²) in [6, 6.07) is 9.16. The van der Waals surface area contributed by atoms with Gasteiger partial charge in [0.1, 0.15) is 11.3 Å². The minimum atomic E-state index is -0.915. The van der Waals surface area contributed by atoms with E-state index in [1.807, 2.05) is 31.2 Å². The van der Waals surface area contributed by atoms with E-state index in [4.69, 9.17) is 22.1 Å². The summed E-state index contributed by atoms with van der Waals surface area (Å²) in [5.74, 6) is 0.359. The maximum Gasteiger partial charge on any atom is 0.256 e. The minimum absolute atomic E-state index is 0.162. The van der Waals surface area contributed by atoms with E-state index in [-0.39, 0.29) is 11.8 Å². The second-order valence-corrected chi connectivity index (χ2v) is 8.79. The first-order chi connectivity index (χ1) is 14.9. The molecule has 0 atom stereocenters. The lowest BCUT2D eigenvalue weighted by molar-refractivity contribution is -0.129. The van der Waals surface area contributed by atoms with E-state index in [1.54, 1.807) is 18.1 Å². The van der Waals surface area contributed by atoms with Gasteiger partial charge in [0.05, 0.1) is 17.7 Å². The van der Waals surface area contributed by atoms with E-state index in [9.17, 15) is 9.59 Å². The van der Waals surface area contributed by atoms with Crippen molar-refractivity contribution in [3.05, 3.63) is 57.6 Å². The van der Waals surface area contributed by atoms with Gasteiger partial charge in [-0.15, -0.1) is 0 Å². The average Bonchev–Trinajstić information content (AvgIpc) is 3.14. The maximum absolute atomic E-state index is 13.7. The fourth-order valence-electron chi connectivity index (χ4n) is 4.88. The van der Waals surface area contributed by atoms with Gasteiger partial charge in [-0.25, -0.2) is 0 Å². The van der Waals surface area contributed by atoms with Crippen molar-refractivity contribution in [2.24, 2.45) is 5.73 Å². The minimum Gasteiger partial charge on any atom is -0.496 e. The molecule has 2 amide bonds. The number of anilines is 1. The van der Waals surface area contributed by atoms with Crippen molar-refractivity contribution in [3.8, 4) is 5.75 Å². The van der Waals surface area contributed by atoms with Gasteiger partial charge in [0.15, 0.2) is 0 Å². The molecule has 1 aliphatic carbocycles. The predicted octanol–water partition coefficient (Wildman–Crippen LogP) is 4.41. The number of carbonyl (C=O) groups is 2. The Hall–Kier alpha value is -2.57. The number of hydrogen-bond acceptors (Lipinski definition) is 4. The van der Waals surface area contributed by atoms with E-state index < -0.39 is 5.54 Å². The Bertz CT molecular complexity index is 1030. The van der Waals surface area contributed by atoms with Crippen LogP contribution < -0.4 is 15.8 Å². The quantitative estimate of drug-likeness (QED) is 0.719. The van der Waals surface area contributed by atoms with Crippen molar-refractivity contribution in [1.82, 2.24) is 4.90 Å². The molecule has 0 saturated heterocycles. The predicted molar refractivity (Wildman–Crippen MR) is 121 cm³/mol. The van der Waals surface area contributed by atoms with E-state index in [2.05, 4.69) is 5.32 Å². The van der Waals surface area contributed by atoms with Gasteiger partial charge >= 0.3 is 0 Å². The molecule has 2 aliphatic rings. The smallest absolute Gasteiger partial charge is 0.256 e. The number of nitrogens with zero attached hydrogens (tertiary/aromatic N) is 1. The van der Waals surface area contributed by atoms with Gasteiger partial charge in [0.2, 0.25) is 5.91 Å². The normalized spacial score (nSPS) is 17.4. The largest absolute Gasteiger partial charge is 0.496 e. The summed E-state index contributed by atoms with van der Waals surface area (Å²) in [5.41, 5.74) is 8.86. The number of ether oxygens (including phenoxy) is 1. The standard InChI is InChI=1S/C24H28ClN3O3/c1-15-6-8-17(12-20(15)31-2)27-23(30)24(10-4-3-5-11-24)28-14-18-16(13-26)7-9-19(25)21(18)22(28)29/h6-9,12H,3-5,10-11,13-14,26H2,1-2H3,(H,27,30). The zero-order valence-electron chi connectivity index (χ0n) is 18.0. The number of methoxy groups -OCH3 is 1. The molecule has 6 nitrogen and oxygen atoms in total. The molecule has 1 aliphatic heterocycles. The van der Waals surface area contributed by atoms with Gasteiger partial charge in [-0.05, 0) is 48.6 Å². The lowest BCUT2D eigenvalue weighted by atomic mass is 9.79. The Labute approximate surface area is 187 Å². The van der Waals surface area contributed by atoms with Crippen molar-refractivity contribution < 1.29 is 14.3 Å². The third-order valence-electron chi connectivity index (χ3n) is 6.64. The highest BCUT2D eigenvalue weighted by molar-refractivity contribution is 6.34. The Morgan fingerprint density at radius 1 is 1.23 bits per heavy atom. The molecule has 1 fully saturated rings. The van der Waals surface area contributed by atoms with Crippen LogP contribution in [0.5, 0.6) is 5.75 Å². The fraction of sp³-hybridized carbons (Fsp3) is 0.417. The molecule has 0 radical (unpaired) electrons. The van der Waals surface area contributed by atoms with Gasteiger partial charge in [0.25, 0.3) is 5.91 Å². The molecule has 3 N–H and O–H groups in total. The molecular formula is C24H28ClN3O3. The van der Waals surface area contributed by atoms with Gasteiger partial charge in [-0.2, -0.15) is 0 Å². The Morgan fingerprint density at radius 2 is 1.97 bits per heavy atom. The number of fused-ring (bicyclic) bond motifs is 1. The summed E-state index contributed by atoms with van der Waals surface area (Å²) < 4.78 is 5.39. The van der Waals surface area contributed by atoms with Crippen LogP contribution in [0.3, 0.4) is 0 Å². The summed E-state index contributed by atoms with van der Waals surface area (Å²) >= 11 is 6.40. The average molecular weight is 442 g/mol. The summed E-state index contributed by atoms with van der Waals surface area (Å²) in [4.78, 5) is 28.9. The highest BCUT2D eigenvalue weighted by atomic mass is 35.5. The number of hydrogen-bond donors (Lipinski definition) is 2. The Balaban J connectivity index is 1.70. The van der Waals surface area contributed by atoms with Gasteiger partial charge in [0, 0.05) is 24.8 Å². The molecule has 164 valence electrons. The first kappa shape index (κ1) is 21.7. The molecule has 7 heteroatoms. The van der Waals surface area contributed by atoms with Crippen LogP contribution in [0, 0.1) is 6.92 Å². The number of rotatable bonds is 5. The van der Waals surface area contributed by atoms with Crippen LogP contribution in [0.25, 0.3) is 0 Å². The first-order valence-corrected chi connectivity index (χ1v) is 11.1. The molecular weight excluding hydrogens is 414 g/mol. The molecule has 1 heterocycles. The van der Waals surface area contributed by atoms with E-state index in [0.717, 1.165) is 36.0 Å². The SMILES string of the molecule is COc1cc(NC(=O)C2(N3Cc4c(CN)ccc(Cl)c4C3=O)CCCCC2)ccc1C. The van der Waals surface area contributed by atoms with Crippen molar-refractivity contribution in [3.63, 3.8) is 0 Å². The number of amides is 2. The number of nitrogens with one attached hydrogen (secondary N) is 1. The highest BCUT2D eigenvalue weighted by Gasteiger charge is 2.50. The topological polar surface area (TPSA) is 84.7 Å². The third-order valence-corrected chi connectivity index (χ3v) is 6.96. The van der Waals surface area contributed by atoms with Gasteiger partial charge < -0.3 is 20.7 Å². The second-order valence-electron chi connectivity index (χ2n) is 8.39. The van der Waals surface area contributed by atoms with Gasteiger partial charge in [-0.1, -0.05) is 43.0 Å². The zero-order chi connectivity index (χ0) is 22.2. The van der Waals surface area contributed by atoms with E-state index in [0.29, 0.717) is 48.0 Å². The lowest BCUT2D eigenvalue weighted by Crippen LogP contribution is -2.58. The molecule has 0 aromatic heterocycles. The third kappa shape index (κ3) is 3.68. The van der Waals surface area contributed by atoms with Crippen molar-refractivity contribution >= 4 is 29.1 Å². The van der Waals surface area contributed by atoms with Crippen LogP contribution in [0.15, 0.2) is 30.3 Å². The second kappa shape index (κ2) is 8.52. The molecule has 0 unspecified atom stereocenters. The van der Waals surface area contributed by atoms with Crippen LogP contribution >= 0.6 is 11.6 Å². The highest BCUT2D eigenvalue weighted by Crippen LogP contribution is 2.42. The number of aryl methyl sites for hydroxylation is 1. The van der Waals surface area contributed by atoms with Gasteiger partial charge in [-0.3, -0.25) is 9.59 Å². The fourth-order valence-corrected chi connectivity index (χ4v) is 5.14. The number of nitrogens with two attached hydrogens (primary N) is 1. The summed E-state index contributed by atoms with van der Waals surface area (Å²) in [6.07, 6.45) is 4.08. The van der Waals surface area contributed by atoms with Crippen LogP contribution in [-0.2, 0) is 17.9 Å². The molecule has 31 heavy (non-hydrogen) atoms. The molecule has 1 saturated carbocycles. The maximum atomic E-state index is 13.7. The first-order valence-electron chi connectivity index (χ1n) is 10.7. The number of benzene rings is 2. The monoisotopic (exact) mass is 441 g/mol. The molecule has 0 spiro atoms. The van der Waals surface area contributed by atoms with Crippen LogP contribution in [0.1, 0.15) is 59.2 Å². The molecule has 2 aromatic carbocycles. The summed E-state index contributed by atoms with van der Waals surface area (Å²) in [7, 11) is 1.61. The van der Waals surface area contributed by atoms with Crippen molar-refractivity contribution in [1.29, 1.82) is 0 Å². The zero-order valence-corrected chi connectivity index (χ0v) is 18.7.